The molecule has 0 bridgehead atoms. The number of rotatable bonds is 6. The third-order valence-electron chi connectivity index (χ3n) is 4.56. The fraction of sp³-hybridized carbons (Fsp3) is 0.368. The molecule has 2 aromatic heterocycles. The molecular weight excluding hydrogens is 314 g/mol. The van der Waals surface area contributed by atoms with E-state index in [-0.39, 0.29) is 5.91 Å². The quantitative estimate of drug-likeness (QED) is 0.750. The standard InChI is InChI=1S/C19H23N5O/c1-13(16-7-5-4-6-8-16)11-20-18(25)10-9-17-14(2)23-19-21-12-22-24(19)15(17)3/h4-8,12-13H,9-11H2,1-3H3,(H,20,25)/t13-/m0/s1. The number of aromatic nitrogens is 4. The van der Waals surface area contributed by atoms with E-state index in [0.29, 0.717) is 31.1 Å². The first kappa shape index (κ1) is 17.1. The molecule has 130 valence electrons. The van der Waals surface area contributed by atoms with Gasteiger partial charge in [0.25, 0.3) is 5.78 Å². The van der Waals surface area contributed by atoms with E-state index in [0.717, 1.165) is 17.0 Å². The van der Waals surface area contributed by atoms with Crippen LogP contribution in [0.2, 0.25) is 0 Å². The summed E-state index contributed by atoms with van der Waals surface area (Å²) >= 11 is 0. The van der Waals surface area contributed by atoms with Gasteiger partial charge < -0.3 is 5.32 Å². The Morgan fingerprint density at radius 1 is 1.24 bits per heavy atom. The molecule has 0 saturated heterocycles. The van der Waals surface area contributed by atoms with Gasteiger partial charge in [0.15, 0.2) is 0 Å². The normalized spacial score (nSPS) is 12.3. The average Bonchev–Trinajstić information content (AvgIpc) is 3.08. The summed E-state index contributed by atoms with van der Waals surface area (Å²) in [5.74, 6) is 0.946. The van der Waals surface area contributed by atoms with Crippen LogP contribution in [0.1, 0.15) is 41.8 Å². The lowest BCUT2D eigenvalue weighted by molar-refractivity contribution is -0.121. The second-order valence-corrected chi connectivity index (χ2v) is 6.35. The smallest absolute Gasteiger partial charge is 0.252 e. The zero-order chi connectivity index (χ0) is 17.8. The number of nitrogens with zero attached hydrogens (tertiary/aromatic N) is 4. The van der Waals surface area contributed by atoms with Gasteiger partial charge in [-0.2, -0.15) is 10.1 Å². The van der Waals surface area contributed by atoms with Crippen molar-refractivity contribution in [3.05, 3.63) is 59.2 Å². The second-order valence-electron chi connectivity index (χ2n) is 6.35. The molecule has 3 rings (SSSR count). The van der Waals surface area contributed by atoms with E-state index in [9.17, 15) is 4.79 Å². The predicted octanol–water partition coefficient (Wildman–Crippen LogP) is 2.59. The van der Waals surface area contributed by atoms with E-state index in [1.54, 1.807) is 4.52 Å². The topological polar surface area (TPSA) is 72.2 Å². The Labute approximate surface area is 147 Å². The van der Waals surface area contributed by atoms with Crippen molar-refractivity contribution in [1.82, 2.24) is 24.9 Å². The number of fused-ring (bicyclic) bond motifs is 1. The molecular formula is C19H23N5O. The van der Waals surface area contributed by atoms with Gasteiger partial charge in [-0.05, 0) is 37.3 Å². The minimum atomic E-state index is 0.0558. The minimum absolute atomic E-state index is 0.0558. The van der Waals surface area contributed by atoms with E-state index >= 15 is 0 Å². The number of amides is 1. The largest absolute Gasteiger partial charge is 0.355 e. The number of carbonyl (C=O) groups is 1. The maximum atomic E-state index is 12.2. The Kier molecular flexibility index (Phi) is 5.07. The van der Waals surface area contributed by atoms with Crippen molar-refractivity contribution in [2.75, 3.05) is 6.54 Å². The predicted molar refractivity (Wildman–Crippen MR) is 96.4 cm³/mol. The van der Waals surface area contributed by atoms with Crippen LogP contribution in [0.4, 0.5) is 0 Å². The van der Waals surface area contributed by atoms with Crippen molar-refractivity contribution >= 4 is 11.7 Å². The number of hydrogen-bond donors (Lipinski definition) is 1. The van der Waals surface area contributed by atoms with Crippen molar-refractivity contribution in [2.24, 2.45) is 0 Å². The van der Waals surface area contributed by atoms with Gasteiger partial charge in [0.05, 0.1) is 0 Å². The molecule has 0 aliphatic carbocycles. The molecule has 0 aliphatic heterocycles. The molecule has 1 atom stereocenters. The first-order chi connectivity index (χ1) is 12.1. The van der Waals surface area contributed by atoms with Crippen molar-refractivity contribution in [3.63, 3.8) is 0 Å². The fourth-order valence-corrected chi connectivity index (χ4v) is 3.01. The van der Waals surface area contributed by atoms with Crippen LogP contribution in [-0.2, 0) is 11.2 Å². The molecule has 0 saturated carbocycles. The van der Waals surface area contributed by atoms with E-state index < -0.39 is 0 Å². The number of hydrogen-bond acceptors (Lipinski definition) is 4. The van der Waals surface area contributed by atoms with Crippen LogP contribution in [0, 0.1) is 13.8 Å². The van der Waals surface area contributed by atoms with Gasteiger partial charge in [0.1, 0.15) is 6.33 Å². The van der Waals surface area contributed by atoms with Gasteiger partial charge in [0.2, 0.25) is 5.91 Å². The molecule has 1 amide bonds. The van der Waals surface area contributed by atoms with Crippen LogP contribution >= 0.6 is 0 Å². The molecule has 0 fully saturated rings. The van der Waals surface area contributed by atoms with Gasteiger partial charge in [-0.1, -0.05) is 37.3 Å². The lowest BCUT2D eigenvalue weighted by Gasteiger charge is -2.14. The van der Waals surface area contributed by atoms with E-state index in [1.165, 1.54) is 11.9 Å². The summed E-state index contributed by atoms with van der Waals surface area (Å²) in [4.78, 5) is 20.8. The van der Waals surface area contributed by atoms with Crippen LogP contribution in [-0.4, -0.2) is 32.0 Å². The molecule has 0 radical (unpaired) electrons. The molecule has 25 heavy (non-hydrogen) atoms. The van der Waals surface area contributed by atoms with Crippen LogP contribution in [0.25, 0.3) is 5.78 Å². The van der Waals surface area contributed by atoms with Crippen LogP contribution < -0.4 is 5.32 Å². The first-order valence-electron chi connectivity index (χ1n) is 8.53. The Morgan fingerprint density at radius 2 is 2.00 bits per heavy atom. The fourth-order valence-electron chi connectivity index (χ4n) is 3.01. The summed E-state index contributed by atoms with van der Waals surface area (Å²) < 4.78 is 1.72. The van der Waals surface area contributed by atoms with Crippen LogP contribution in [0.5, 0.6) is 0 Å². The third kappa shape index (κ3) is 3.84. The molecule has 6 nitrogen and oxygen atoms in total. The highest BCUT2D eigenvalue weighted by atomic mass is 16.1. The van der Waals surface area contributed by atoms with Crippen LogP contribution in [0.15, 0.2) is 36.7 Å². The molecule has 3 aromatic rings. The van der Waals surface area contributed by atoms with E-state index in [1.807, 2.05) is 32.0 Å². The lowest BCUT2D eigenvalue weighted by Crippen LogP contribution is -2.27. The summed E-state index contributed by atoms with van der Waals surface area (Å²) in [5, 5.41) is 7.21. The highest BCUT2D eigenvalue weighted by Crippen LogP contribution is 2.16. The number of nitrogens with one attached hydrogen (secondary N) is 1. The summed E-state index contributed by atoms with van der Waals surface area (Å²) in [5.41, 5.74) is 4.19. The Hall–Kier alpha value is -2.76. The molecule has 0 unspecified atom stereocenters. The van der Waals surface area contributed by atoms with Gasteiger partial charge in [-0.15, -0.1) is 0 Å². The molecule has 0 aliphatic rings. The van der Waals surface area contributed by atoms with E-state index in [2.05, 4.69) is 39.4 Å². The maximum Gasteiger partial charge on any atom is 0.252 e. The summed E-state index contributed by atoms with van der Waals surface area (Å²) in [6.07, 6.45) is 2.58. The summed E-state index contributed by atoms with van der Waals surface area (Å²) in [6.45, 7) is 6.70. The monoisotopic (exact) mass is 337 g/mol. The maximum absolute atomic E-state index is 12.2. The Balaban J connectivity index is 1.57. The molecule has 1 N–H and O–H groups in total. The minimum Gasteiger partial charge on any atom is -0.355 e. The summed E-state index contributed by atoms with van der Waals surface area (Å²) in [6, 6.07) is 10.2. The first-order valence-corrected chi connectivity index (χ1v) is 8.53. The second kappa shape index (κ2) is 7.42. The molecule has 0 spiro atoms. The SMILES string of the molecule is Cc1nc2ncnn2c(C)c1CCC(=O)NC[C@H](C)c1ccccc1. The number of carbonyl (C=O) groups excluding carboxylic acids is 1. The zero-order valence-electron chi connectivity index (χ0n) is 14.9. The van der Waals surface area contributed by atoms with Gasteiger partial charge in [0, 0.05) is 24.4 Å². The Morgan fingerprint density at radius 3 is 2.76 bits per heavy atom. The van der Waals surface area contributed by atoms with Gasteiger partial charge in [-0.25, -0.2) is 9.50 Å². The average molecular weight is 337 g/mol. The molecule has 2 heterocycles. The molecule has 6 heteroatoms. The molecule has 1 aromatic carbocycles. The number of benzene rings is 1. The van der Waals surface area contributed by atoms with Crippen molar-refractivity contribution in [1.29, 1.82) is 0 Å². The highest BCUT2D eigenvalue weighted by molar-refractivity contribution is 5.76. The van der Waals surface area contributed by atoms with Gasteiger partial charge in [-0.3, -0.25) is 4.79 Å². The highest BCUT2D eigenvalue weighted by Gasteiger charge is 2.13. The van der Waals surface area contributed by atoms with Crippen LogP contribution in [0.3, 0.4) is 0 Å². The Bertz CT molecular complexity index is 872. The van der Waals surface area contributed by atoms with Gasteiger partial charge >= 0.3 is 0 Å². The van der Waals surface area contributed by atoms with Crippen molar-refractivity contribution in [2.45, 2.75) is 39.5 Å². The van der Waals surface area contributed by atoms with Crippen molar-refractivity contribution < 1.29 is 4.79 Å². The van der Waals surface area contributed by atoms with Crippen molar-refractivity contribution in [3.8, 4) is 0 Å². The van der Waals surface area contributed by atoms with E-state index in [4.69, 9.17) is 0 Å². The third-order valence-corrected chi connectivity index (χ3v) is 4.56. The lowest BCUT2D eigenvalue weighted by atomic mass is 10.0. The zero-order valence-corrected chi connectivity index (χ0v) is 14.9. The number of aryl methyl sites for hydroxylation is 2. The summed E-state index contributed by atoms with van der Waals surface area (Å²) in [7, 11) is 0.